The van der Waals surface area contributed by atoms with Crippen LogP contribution < -0.4 is 20.6 Å². The average Bonchev–Trinajstić information content (AvgIpc) is 2.64. The predicted molar refractivity (Wildman–Crippen MR) is 99.9 cm³/mol. The molecule has 138 valence electrons. The van der Waals surface area contributed by atoms with Crippen molar-refractivity contribution in [3.63, 3.8) is 0 Å². The van der Waals surface area contributed by atoms with Crippen molar-refractivity contribution in [3.05, 3.63) is 57.5 Å². The van der Waals surface area contributed by atoms with Gasteiger partial charge in [-0.1, -0.05) is 0 Å². The molecule has 0 bridgehead atoms. The van der Waals surface area contributed by atoms with Crippen molar-refractivity contribution >= 4 is 11.6 Å². The first kappa shape index (κ1) is 18.0. The molecule has 0 radical (unpaired) electrons. The number of hydrogen-bond donors (Lipinski definition) is 1. The molecule has 1 aromatic heterocycles. The van der Waals surface area contributed by atoms with E-state index < -0.39 is 0 Å². The highest BCUT2D eigenvalue weighted by Crippen LogP contribution is 2.30. The number of rotatable bonds is 4. The van der Waals surface area contributed by atoms with Gasteiger partial charge >= 0.3 is 0 Å². The summed E-state index contributed by atoms with van der Waals surface area (Å²) in [7, 11) is 1.61. The molecule has 7 nitrogen and oxygen atoms in total. The molecule has 0 atom stereocenters. The smallest absolute Gasteiger partial charge is 0.270 e. The first-order valence-corrected chi connectivity index (χ1v) is 8.52. The lowest BCUT2D eigenvalue weighted by atomic mass is 10.1. The maximum absolute atomic E-state index is 12.7. The van der Waals surface area contributed by atoms with Crippen LogP contribution in [0.2, 0.25) is 0 Å². The van der Waals surface area contributed by atoms with Crippen LogP contribution in [0, 0.1) is 13.8 Å². The number of pyridine rings is 1. The number of nitrogens with one attached hydrogen (secondary N) is 1. The monoisotopic (exact) mass is 357 g/mol. The molecule has 1 saturated heterocycles. The number of morpholine rings is 1. The first-order chi connectivity index (χ1) is 12.5. The van der Waals surface area contributed by atoms with E-state index in [1.54, 1.807) is 32.2 Å². The fourth-order valence-corrected chi connectivity index (χ4v) is 3.06. The predicted octanol–water partition coefficient (Wildman–Crippen LogP) is 1.69. The molecule has 26 heavy (non-hydrogen) atoms. The number of carbonyl (C=O) groups excluding carboxylic acids is 1. The molecule has 7 heteroatoms. The summed E-state index contributed by atoms with van der Waals surface area (Å²) in [6, 6.07) is 8.57. The molecular formula is C19H23N3O4. The van der Waals surface area contributed by atoms with Gasteiger partial charge < -0.3 is 14.4 Å². The van der Waals surface area contributed by atoms with Gasteiger partial charge in [0.1, 0.15) is 5.75 Å². The van der Waals surface area contributed by atoms with Crippen LogP contribution in [-0.4, -0.2) is 44.0 Å². The molecule has 1 fully saturated rings. The Labute approximate surface area is 152 Å². The fourth-order valence-electron chi connectivity index (χ4n) is 3.06. The van der Waals surface area contributed by atoms with E-state index in [0.29, 0.717) is 30.2 Å². The minimum Gasteiger partial charge on any atom is -0.495 e. The van der Waals surface area contributed by atoms with Crippen LogP contribution in [0.3, 0.4) is 0 Å². The lowest BCUT2D eigenvalue weighted by Crippen LogP contribution is -2.37. The van der Waals surface area contributed by atoms with Gasteiger partial charge in [-0.2, -0.15) is 0 Å². The van der Waals surface area contributed by atoms with Crippen LogP contribution >= 0.6 is 0 Å². The van der Waals surface area contributed by atoms with E-state index in [4.69, 9.17) is 9.47 Å². The molecule has 1 aromatic carbocycles. The quantitative estimate of drug-likeness (QED) is 0.902. The first-order valence-electron chi connectivity index (χ1n) is 8.52. The maximum atomic E-state index is 12.7. The molecule has 1 amide bonds. The summed E-state index contributed by atoms with van der Waals surface area (Å²) in [4.78, 5) is 27.0. The van der Waals surface area contributed by atoms with E-state index in [2.05, 4.69) is 10.3 Å². The van der Waals surface area contributed by atoms with Gasteiger partial charge in [-0.25, -0.2) is 4.68 Å². The second-order valence-electron chi connectivity index (χ2n) is 6.27. The number of aryl methyl sites for hydroxylation is 2. The van der Waals surface area contributed by atoms with Crippen molar-refractivity contribution in [2.45, 2.75) is 13.8 Å². The highest BCUT2D eigenvalue weighted by molar-refractivity contribution is 6.01. The molecule has 0 aliphatic carbocycles. The number of methoxy groups -OCH3 is 1. The molecule has 3 rings (SSSR count). The normalized spacial score (nSPS) is 14.2. The Hall–Kier alpha value is -2.80. The zero-order chi connectivity index (χ0) is 18.7. The lowest BCUT2D eigenvalue weighted by molar-refractivity contribution is 0.101. The number of anilines is 1. The molecule has 0 saturated carbocycles. The van der Waals surface area contributed by atoms with Gasteiger partial charge in [0, 0.05) is 30.4 Å². The van der Waals surface area contributed by atoms with Gasteiger partial charge in [-0.15, -0.1) is 0 Å². The Kier molecular flexibility index (Phi) is 5.27. The fraction of sp³-hybridized carbons (Fsp3) is 0.368. The number of aromatic nitrogens is 1. The van der Waals surface area contributed by atoms with E-state index >= 15 is 0 Å². The van der Waals surface area contributed by atoms with Gasteiger partial charge in [-0.05, 0) is 43.7 Å². The zero-order valence-electron chi connectivity index (χ0n) is 15.2. The minimum absolute atomic E-state index is 0.266. The minimum atomic E-state index is -0.351. The highest BCUT2D eigenvalue weighted by atomic mass is 16.5. The molecule has 2 heterocycles. The van der Waals surface area contributed by atoms with E-state index in [1.807, 2.05) is 13.0 Å². The molecular weight excluding hydrogens is 334 g/mol. The Morgan fingerprint density at radius 3 is 2.54 bits per heavy atom. The third-order valence-corrected chi connectivity index (χ3v) is 4.37. The van der Waals surface area contributed by atoms with E-state index in [-0.39, 0.29) is 11.5 Å². The molecule has 0 unspecified atom stereocenters. The second kappa shape index (κ2) is 7.61. The number of carbonyl (C=O) groups is 1. The molecule has 1 aliphatic rings. The Bertz CT molecular complexity index is 870. The number of ether oxygens (including phenoxy) is 2. The van der Waals surface area contributed by atoms with Gasteiger partial charge in [-0.3, -0.25) is 15.0 Å². The van der Waals surface area contributed by atoms with Crippen LogP contribution in [-0.2, 0) is 4.74 Å². The largest absolute Gasteiger partial charge is 0.495 e. The SMILES string of the molecule is COc1ccc(C(=O)Nn2c(C)cc(C)cc2=O)cc1N1CCOCC1. The number of amides is 1. The van der Waals surface area contributed by atoms with Crippen molar-refractivity contribution in [2.24, 2.45) is 0 Å². The number of benzene rings is 1. The lowest BCUT2D eigenvalue weighted by Gasteiger charge is -2.30. The van der Waals surface area contributed by atoms with Crippen LogP contribution in [0.25, 0.3) is 0 Å². The summed E-state index contributed by atoms with van der Waals surface area (Å²) in [6.45, 7) is 6.37. The van der Waals surface area contributed by atoms with Gasteiger partial charge in [0.15, 0.2) is 0 Å². The third kappa shape index (κ3) is 3.72. The number of nitrogens with zero attached hydrogens (tertiary/aromatic N) is 2. The Morgan fingerprint density at radius 1 is 1.15 bits per heavy atom. The topological polar surface area (TPSA) is 72.8 Å². The average molecular weight is 357 g/mol. The Morgan fingerprint density at radius 2 is 1.88 bits per heavy atom. The number of hydrogen-bond acceptors (Lipinski definition) is 5. The van der Waals surface area contributed by atoms with Crippen molar-refractivity contribution in [3.8, 4) is 5.75 Å². The van der Waals surface area contributed by atoms with Gasteiger partial charge in [0.25, 0.3) is 11.5 Å². The van der Waals surface area contributed by atoms with E-state index in [0.717, 1.165) is 24.3 Å². The van der Waals surface area contributed by atoms with Crippen molar-refractivity contribution in [1.29, 1.82) is 0 Å². The Balaban J connectivity index is 1.89. The van der Waals surface area contributed by atoms with Crippen molar-refractivity contribution in [1.82, 2.24) is 4.68 Å². The standard InChI is InChI=1S/C19H23N3O4/c1-13-10-14(2)22(18(23)11-13)20-19(24)15-4-5-17(25-3)16(12-15)21-6-8-26-9-7-21/h4-5,10-12H,6-9H2,1-3H3,(H,20,24). The molecule has 0 spiro atoms. The zero-order valence-corrected chi connectivity index (χ0v) is 15.2. The summed E-state index contributed by atoms with van der Waals surface area (Å²) >= 11 is 0. The highest BCUT2D eigenvalue weighted by Gasteiger charge is 2.18. The second-order valence-corrected chi connectivity index (χ2v) is 6.27. The van der Waals surface area contributed by atoms with Crippen molar-refractivity contribution < 1.29 is 14.3 Å². The van der Waals surface area contributed by atoms with Crippen LogP contribution in [0.1, 0.15) is 21.6 Å². The van der Waals surface area contributed by atoms with Crippen molar-refractivity contribution in [2.75, 3.05) is 43.7 Å². The maximum Gasteiger partial charge on any atom is 0.270 e. The summed E-state index contributed by atoms with van der Waals surface area (Å²) < 4.78 is 12.1. The van der Waals surface area contributed by atoms with Crippen LogP contribution in [0.4, 0.5) is 5.69 Å². The third-order valence-electron chi connectivity index (χ3n) is 4.37. The summed E-state index contributed by atoms with van der Waals surface area (Å²) in [5, 5.41) is 0. The summed E-state index contributed by atoms with van der Waals surface area (Å²) in [5.74, 6) is 0.350. The molecule has 1 aliphatic heterocycles. The summed E-state index contributed by atoms with van der Waals surface area (Å²) in [6.07, 6.45) is 0. The van der Waals surface area contributed by atoms with Gasteiger partial charge in [0.05, 0.1) is 26.0 Å². The van der Waals surface area contributed by atoms with Crippen LogP contribution in [0.15, 0.2) is 35.1 Å². The van der Waals surface area contributed by atoms with Crippen LogP contribution in [0.5, 0.6) is 5.75 Å². The van der Waals surface area contributed by atoms with E-state index in [9.17, 15) is 9.59 Å². The molecule has 2 aromatic rings. The van der Waals surface area contributed by atoms with Gasteiger partial charge in [0.2, 0.25) is 0 Å². The molecule has 1 N–H and O–H groups in total. The summed E-state index contributed by atoms with van der Waals surface area (Å²) in [5.41, 5.74) is 5.24. The van der Waals surface area contributed by atoms with E-state index in [1.165, 1.54) is 10.7 Å².